The van der Waals surface area contributed by atoms with Gasteiger partial charge >= 0.3 is 5.97 Å². The van der Waals surface area contributed by atoms with Crippen LogP contribution in [0.1, 0.15) is 42.4 Å². The van der Waals surface area contributed by atoms with E-state index in [-0.39, 0.29) is 43.3 Å². The number of rotatable bonds is 12. The third-order valence-corrected chi connectivity index (χ3v) is 9.02. The van der Waals surface area contributed by atoms with Gasteiger partial charge in [0.15, 0.2) is 0 Å². The molecule has 1 aliphatic rings. The van der Waals surface area contributed by atoms with Crippen LogP contribution in [0.4, 0.5) is 0 Å². The number of hydrogen-bond donors (Lipinski definition) is 3. The number of benzene rings is 3. The molecule has 0 bridgehead atoms. The first-order chi connectivity index (χ1) is 22.0. The number of allylic oxidation sites excluding steroid dienone is 2. The van der Waals surface area contributed by atoms with Gasteiger partial charge in [0.25, 0.3) is 0 Å². The van der Waals surface area contributed by atoms with E-state index in [1.54, 1.807) is 11.8 Å². The Balaban J connectivity index is 1.44. The van der Waals surface area contributed by atoms with Crippen molar-refractivity contribution in [3.63, 3.8) is 0 Å². The lowest BCUT2D eigenvalue weighted by atomic mass is 9.94. The Hall–Kier alpha value is -3.88. The molecule has 238 valence electrons. The van der Waals surface area contributed by atoms with Gasteiger partial charge in [-0.2, -0.15) is 11.8 Å². The van der Waals surface area contributed by atoms with Gasteiger partial charge in [0.05, 0.1) is 30.5 Å². The van der Waals surface area contributed by atoms with Crippen LogP contribution in [-0.2, 0) is 37.7 Å². The fraction of sp³-hybridized carbons (Fsp3) is 0.378. The van der Waals surface area contributed by atoms with Crippen LogP contribution >= 0.6 is 11.8 Å². The zero-order chi connectivity index (χ0) is 31.7. The maximum atomic E-state index is 13.6. The number of esters is 1. The van der Waals surface area contributed by atoms with E-state index in [1.807, 2.05) is 91.0 Å². The highest BCUT2D eigenvalue weighted by molar-refractivity contribution is 7.98. The van der Waals surface area contributed by atoms with E-state index in [2.05, 4.69) is 22.8 Å². The molecule has 0 fully saturated rings. The molecule has 4 rings (SSSR count). The summed E-state index contributed by atoms with van der Waals surface area (Å²) < 4.78 is 5.85. The molecule has 2 amide bonds. The monoisotopic (exact) mass is 628 g/mol. The lowest BCUT2D eigenvalue weighted by Gasteiger charge is -2.24. The summed E-state index contributed by atoms with van der Waals surface area (Å²) in [5.41, 5.74) is 3.26. The van der Waals surface area contributed by atoms with E-state index in [4.69, 9.17) is 4.74 Å². The zero-order valence-corrected chi connectivity index (χ0v) is 26.5. The highest BCUT2D eigenvalue weighted by atomic mass is 32.2. The summed E-state index contributed by atoms with van der Waals surface area (Å²) in [5, 5.41) is 15.9. The fourth-order valence-corrected chi connectivity index (χ4v) is 6.39. The van der Waals surface area contributed by atoms with Crippen molar-refractivity contribution in [2.24, 2.45) is 11.8 Å². The van der Waals surface area contributed by atoms with E-state index < -0.39 is 18.0 Å². The van der Waals surface area contributed by atoms with Crippen molar-refractivity contribution in [3.05, 3.63) is 120 Å². The van der Waals surface area contributed by atoms with Gasteiger partial charge in [0.2, 0.25) is 11.8 Å². The van der Waals surface area contributed by atoms with Crippen molar-refractivity contribution in [3.8, 4) is 0 Å². The van der Waals surface area contributed by atoms with Gasteiger partial charge in [-0.15, -0.1) is 0 Å². The Morgan fingerprint density at radius 3 is 2.20 bits per heavy atom. The average Bonchev–Trinajstić information content (AvgIpc) is 3.07. The summed E-state index contributed by atoms with van der Waals surface area (Å²) in [6.07, 6.45) is 6.68. The van der Waals surface area contributed by atoms with E-state index in [1.165, 1.54) is 5.56 Å². The number of aliphatic hydroxyl groups excluding tert-OH is 1. The number of carbonyl (C=O) groups excluding carboxylic acids is 3. The molecule has 0 saturated carbocycles. The largest absolute Gasteiger partial charge is 0.463 e. The lowest BCUT2D eigenvalue weighted by molar-refractivity contribution is -0.150. The maximum Gasteiger partial charge on any atom is 0.309 e. The van der Waals surface area contributed by atoms with Gasteiger partial charge in [-0.3, -0.25) is 14.4 Å². The molecule has 1 aliphatic heterocycles. The molecular formula is C37H44N2O5S. The second-order valence-electron chi connectivity index (χ2n) is 11.5. The van der Waals surface area contributed by atoms with Crippen molar-refractivity contribution in [2.75, 3.05) is 19.0 Å². The van der Waals surface area contributed by atoms with Crippen molar-refractivity contribution in [1.29, 1.82) is 0 Å². The fourth-order valence-electron chi connectivity index (χ4n) is 5.38. The van der Waals surface area contributed by atoms with Gasteiger partial charge < -0.3 is 20.5 Å². The Bertz CT molecular complexity index is 1350. The molecular weight excluding hydrogens is 584 g/mol. The van der Waals surface area contributed by atoms with Crippen molar-refractivity contribution >= 4 is 29.5 Å². The Kier molecular flexibility index (Phi) is 14.2. The minimum absolute atomic E-state index is 0.0121. The van der Waals surface area contributed by atoms with Crippen molar-refractivity contribution in [2.45, 2.75) is 56.4 Å². The Morgan fingerprint density at radius 1 is 0.889 bits per heavy atom. The molecule has 3 aromatic rings. The average molecular weight is 629 g/mol. The summed E-state index contributed by atoms with van der Waals surface area (Å²) in [7, 11) is 0. The third-order valence-electron chi connectivity index (χ3n) is 7.84. The van der Waals surface area contributed by atoms with Gasteiger partial charge in [-0.05, 0) is 48.8 Å². The number of ether oxygens (including phenoxy) is 1. The standard InChI is InChI=1S/C37H44N2O5S/c40-24-33(22-29-15-7-2-8-16-29)38-35(41)23-31-19-11-4-12-20-32(21-28-13-5-1-6-14-28)37(43)44-25-34(39-36(31)42)27-45-26-30-17-9-3-10-18-30/h1-11,13-18,31-34,40H,12,19-27H2,(H,38,41)(H,39,42)/t31-,32-,33+,34-/m1/s1. The second kappa shape index (κ2) is 18.8. The Morgan fingerprint density at radius 2 is 1.53 bits per heavy atom. The third kappa shape index (κ3) is 12.2. The minimum atomic E-state index is -0.601. The number of aliphatic hydroxyl groups is 1. The molecule has 0 spiro atoms. The molecule has 3 aromatic carbocycles. The first-order valence-electron chi connectivity index (χ1n) is 15.7. The second-order valence-corrected chi connectivity index (χ2v) is 12.6. The van der Waals surface area contributed by atoms with Crippen molar-refractivity contribution < 1.29 is 24.2 Å². The number of hydrogen-bond acceptors (Lipinski definition) is 6. The first-order valence-corrected chi connectivity index (χ1v) is 16.9. The smallest absolute Gasteiger partial charge is 0.309 e. The number of cyclic esters (lactones) is 1. The van der Waals surface area contributed by atoms with Crippen LogP contribution in [0.2, 0.25) is 0 Å². The van der Waals surface area contributed by atoms with Gasteiger partial charge in [0.1, 0.15) is 6.61 Å². The quantitative estimate of drug-likeness (QED) is 0.187. The van der Waals surface area contributed by atoms with Gasteiger partial charge in [-0.1, -0.05) is 103 Å². The molecule has 1 heterocycles. The van der Waals surface area contributed by atoms with E-state index in [0.717, 1.165) is 16.9 Å². The predicted molar refractivity (Wildman–Crippen MR) is 179 cm³/mol. The predicted octanol–water partition coefficient (Wildman–Crippen LogP) is 5.27. The van der Waals surface area contributed by atoms with Crippen LogP contribution in [0.3, 0.4) is 0 Å². The maximum absolute atomic E-state index is 13.6. The summed E-state index contributed by atoms with van der Waals surface area (Å²) in [6, 6.07) is 28.8. The number of nitrogens with one attached hydrogen (secondary N) is 2. The normalized spacial score (nSPS) is 20.1. The highest BCUT2D eigenvalue weighted by Crippen LogP contribution is 2.20. The lowest BCUT2D eigenvalue weighted by Crippen LogP contribution is -2.46. The van der Waals surface area contributed by atoms with Crippen LogP contribution in [-0.4, -0.2) is 53.9 Å². The first kappa shape index (κ1) is 34.0. The molecule has 0 aliphatic carbocycles. The van der Waals surface area contributed by atoms with E-state index >= 15 is 0 Å². The van der Waals surface area contributed by atoms with Crippen LogP contribution in [0.5, 0.6) is 0 Å². The molecule has 7 nitrogen and oxygen atoms in total. The van der Waals surface area contributed by atoms with Crippen LogP contribution in [0.15, 0.2) is 103 Å². The number of amides is 2. The molecule has 0 aromatic heterocycles. The number of thioether (sulfide) groups is 1. The zero-order valence-electron chi connectivity index (χ0n) is 25.7. The number of carbonyl (C=O) groups is 3. The summed E-state index contributed by atoms with van der Waals surface area (Å²) in [6.45, 7) is -0.138. The van der Waals surface area contributed by atoms with Gasteiger partial charge in [0, 0.05) is 17.9 Å². The van der Waals surface area contributed by atoms with Crippen LogP contribution in [0.25, 0.3) is 0 Å². The summed E-state index contributed by atoms with van der Waals surface area (Å²) in [5.74, 6) is -0.384. The molecule has 0 radical (unpaired) electrons. The molecule has 0 saturated heterocycles. The molecule has 0 unspecified atom stereocenters. The Labute approximate surface area is 270 Å². The van der Waals surface area contributed by atoms with Crippen LogP contribution in [0, 0.1) is 11.8 Å². The topological polar surface area (TPSA) is 105 Å². The summed E-state index contributed by atoms with van der Waals surface area (Å²) in [4.78, 5) is 40.0. The molecule has 3 N–H and O–H groups in total. The molecule has 45 heavy (non-hydrogen) atoms. The van der Waals surface area contributed by atoms with Gasteiger partial charge in [-0.25, -0.2) is 0 Å². The van der Waals surface area contributed by atoms with Crippen molar-refractivity contribution in [1.82, 2.24) is 10.6 Å². The van der Waals surface area contributed by atoms with E-state index in [0.29, 0.717) is 37.9 Å². The highest BCUT2D eigenvalue weighted by Gasteiger charge is 2.27. The molecule has 8 heteroatoms. The molecule has 4 atom stereocenters. The van der Waals surface area contributed by atoms with Crippen LogP contribution < -0.4 is 10.6 Å². The van der Waals surface area contributed by atoms with E-state index in [9.17, 15) is 19.5 Å². The SMILES string of the molecule is O=C(C[C@H]1CC=CCC[C@H](Cc2ccccc2)C(=O)OC[C@H](CSCc2ccccc2)NC1=O)N[C@H](CO)Cc1ccccc1. The minimum Gasteiger partial charge on any atom is -0.463 e. The summed E-state index contributed by atoms with van der Waals surface area (Å²) >= 11 is 1.66.